The number of anilines is 1. The first-order valence-electron chi connectivity index (χ1n) is 12.8. The average molecular weight is 507 g/mol. The van der Waals surface area contributed by atoms with Gasteiger partial charge in [-0.15, -0.1) is 0 Å². The second kappa shape index (κ2) is 10.2. The zero-order valence-electron chi connectivity index (χ0n) is 21.3. The number of aromatic nitrogens is 5. The lowest BCUT2D eigenvalue weighted by Gasteiger charge is -2.30. The van der Waals surface area contributed by atoms with Crippen LogP contribution in [-0.4, -0.2) is 54.0 Å². The number of benzene rings is 2. The Labute approximate surface area is 221 Å². The summed E-state index contributed by atoms with van der Waals surface area (Å²) in [5.41, 5.74) is 12.9. The Morgan fingerprint density at radius 1 is 1.05 bits per heavy atom. The van der Waals surface area contributed by atoms with Gasteiger partial charge in [0.2, 0.25) is 0 Å². The van der Waals surface area contributed by atoms with Gasteiger partial charge in [-0.3, -0.25) is 19.2 Å². The quantitative estimate of drug-likeness (QED) is 0.359. The van der Waals surface area contributed by atoms with E-state index in [0.717, 1.165) is 66.1 Å². The molecule has 3 aromatic heterocycles. The third-order valence-corrected chi connectivity index (χ3v) is 6.90. The van der Waals surface area contributed by atoms with Gasteiger partial charge >= 0.3 is 0 Å². The van der Waals surface area contributed by atoms with Crippen molar-refractivity contribution >= 4 is 22.6 Å². The Morgan fingerprint density at radius 3 is 2.79 bits per heavy atom. The standard InChI is InChI=1S/C29H30N8O/c1-20-15-36(18-32-20)25-12-21(16-35-10-4-5-22(30)17-35)11-23(13-25)34-29(38)27-14-24(8-9-31-27)37-19-33-26-6-2-3-7-28(26)37/h2-3,6-9,11-15,18-19,22H,4-5,10,16-17,30H2,1H3,(H,34,38). The molecule has 4 heterocycles. The summed E-state index contributed by atoms with van der Waals surface area (Å²) in [5, 5.41) is 3.07. The number of pyridine rings is 1. The summed E-state index contributed by atoms with van der Waals surface area (Å²) >= 11 is 0. The highest BCUT2D eigenvalue weighted by molar-refractivity contribution is 6.03. The predicted octanol–water partition coefficient (Wildman–Crippen LogP) is 4.09. The Kier molecular flexibility index (Phi) is 6.45. The molecule has 0 bridgehead atoms. The number of nitrogens with zero attached hydrogens (tertiary/aromatic N) is 6. The maximum atomic E-state index is 13.4. The third kappa shape index (κ3) is 5.06. The van der Waals surface area contributed by atoms with E-state index in [2.05, 4.69) is 31.2 Å². The highest BCUT2D eigenvalue weighted by Crippen LogP contribution is 2.23. The van der Waals surface area contributed by atoms with E-state index in [1.807, 2.05) is 64.7 Å². The number of aryl methyl sites for hydroxylation is 1. The lowest BCUT2D eigenvalue weighted by atomic mass is 10.1. The maximum absolute atomic E-state index is 13.4. The van der Waals surface area contributed by atoms with Gasteiger partial charge in [0.15, 0.2) is 0 Å². The molecule has 0 radical (unpaired) electrons. The fourth-order valence-electron chi connectivity index (χ4n) is 5.10. The first-order chi connectivity index (χ1) is 18.5. The van der Waals surface area contributed by atoms with Gasteiger partial charge in [-0.1, -0.05) is 12.1 Å². The molecule has 2 aromatic carbocycles. The summed E-state index contributed by atoms with van der Waals surface area (Å²) in [6, 6.07) is 17.9. The molecule has 1 amide bonds. The van der Waals surface area contributed by atoms with E-state index in [-0.39, 0.29) is 11.9 Å². The molecule has 1 aliphatic heterocycles. The number of piperidine rings is 1. The van der Waals surface area contributed by atoms with Crippen LogP contribution in [0.1, 0.15) is 34.6 Å². The molecule has 9 nitrogen and oxygen atoms in total. The van der Waals surface area contributed by atoms with Crippen molar-refractivity contribution < 1.29 is 4.79 Å². The number of carbonyl (C=O) groups is 1. The number of imidazole rings is 2. The molecule has 1 atom stereocenters. The molecule has 0 spiro atoms. The average Bonchev–Trinajstić information content (AvgIpc) is 3.55. The highest BCUT2D eigenvalue weighted by atomic mass is 16.1. The third-order valence-electron chi connectivity index (χ3n) is 6.90. The normalized spacial score (nSPS) is 16.1. The number of nitrogens with two attached hydrogens (primary N) is 1. The minimum absolute atomic E-state index is 0.202. The number of para-hydroxylation sites is 2. The zero-order chi connectivity index (χ0) is 26.1. The molecular formula is C29H30N8O. The van der Waals surface area contributed by atoms with Gasteiger partial charge in [0.25, 0.3) is 5.91 Å². The van der Waals surface area contributed by atoms with Crippen LogP contribution in [0.5, 0.6) is 0 Å². The van der Waals surface area contributed by atoms with Crippen molar-refractivity contribution in [3.63, 3.8) is 0 Å². The highest BCUT2D eigenvalue weighted by Gasteiger charge is 2.18. The Morgan fingerprint density at radius 2 is 1.95 bits per heavy atom. The van der Waals surface area contributed by atoms with Crippen LogP contribution < -0.4 is 11.1 Å². The van der Waals surface area contributed by atoms with Crippen LogP contribution in [0.3, 0.4) is 0 Å². The monoisotopic (exact) mass is 506 g/mol. The van der Waals surface area contributed by atoms with Gasteiger partial charge in [0, 0.05) is 42.9 Å². The SMILES string of the molecule is Cc1cn(-c2cc(CN3CCCC(N)C3)cc(NC(=O)c3cc(-n4cnc5ccccc54)ccn3)c2)cn1. The number of hydrogen-bond acceptors (Lipinski definition) is 6. The molecule has 5 aromatic rings. The van der Waals surface area contributed by atoms with Gasteiger partial charge in [-0.25, -0.2) is 9.97 Å². The number of rotatable bonds is 6. The minimum atomic E-state index is -0.277. The number of hydrogen-bond donors (Lipinski definition) is 2. The molecule has 1 unspecified atom stereocenters. The Hall–Kier alpha value is -4.34. The predicted molar refractivity (Wildman–Crippen MR) is 148 cm³/mol. The van der Waals surface area contributed by atoms with Gasteiger partial charge in [0.05, 0.1) is 28.7 Å². The molecule has 3 N–H and O–H groups in total. The van der Waals surface area contributed by atoms with Crippen LogP contribution in [0, 0.1) is 6.92 Å². The summed E-state index contributed by atoms with van der Waals surface area (Å²) in [4.78, 5) is 28.9. The Balaban J connectivity index is 1.29. The smallest absolute Gasteiger partial charge is 0.274 e. The van der Waals surface area contributed by atoms with Crippen LogP contribution in [0.25, 0.3) is 22.4 Å². The van der Waals surface area contributed by atoms with E-state index >= 15 is 0 Å². The molecular weight excluding hydrogens is 476 g/mol. The second-order valence-electron chi connectivity index (χ2n) is 9.90. The summed E-state index contributed by atoms with van der Waals surface area (Å²) in [7, 11) is 0. The van der Waals surface area contributed by atoms with E-state index in [4.69, 9.17) is 5.73 Å². The van der Waals surface area contributed by atoms with Crippen LogP contribution in [0.2, 0.25) is 0 Å². The van der Waals surface area contributed by atoms with Crippen molar-refractivity contribution in [1.29, 1.82) is 0 Å². The molecule has 1 fully saturated rings. The molecule has 6 rings (SSSR count). The molecule has 1 saturated heterocycles. The number of fused-ring (bicyclic) bond motifs is 1. The second-order valence-corrected chi connectivity index (χ2v) is 9.90. The van der Waals surface area contributed by atoms with Gasteiger partial charge in [0.1, 0.15) is 12.0 Å². The molecule has 0 saturated carbocycles. The number of likely N-dealkylation sites (tertiary alicyclic amines) is 1. The molecule has 38 heavy (non-hydrogen) atoms. The lowest BCUT2D eigenvalue weighted by molar-refractivity contribution is 0.102. The fourth-order valence-corrected chi connectivity index (χ4v) is 5.10. The first kappa shape index (κ1) is 24.0. The van der Waals surface area contributed by atoms with Crippen molar-refractivity contribution in [2.45, 2.75) is 32.4 Å². The summed E-state index contributed by atoms with van der Waals surface area (Å²) in [6.07, 6.45) is 9.33. The van der Waals surface area contributed by atoms with Crippen molar-refractivity contribution in [3.8, 4) is 11.4 Å². The molecule has 1 aliphatic rings. The van der Waals surface area contributed by atoms with Crippen molar-refractivity contribution in [2.24, 2.45) is 5.73 Å². The lowest BCUT2D eigenvalue weighted by Crippen LogP contribution is -2.42. The molecule has 192 valence electrons. The molecule has 9 heteroatoms. The van der Waals surface area contributed by atoms with Crippen LogP contribution in [0.15, 0.2) is 79.6 Å². The molecule has 0 aliphatic carbocycles. The van der Waals surface area contributed by atoms with E-state index in [1.165, 1.54) is 0 Å². The zero-order valence-corrected chi connectivity index (χ0v) is 21.3. The van der Waals surface area contributed by atoms with Crippen molar-refractivity contribution in [1.82, 2.24) is 29.0 Å². The van der Waals surface area contributed by atoms with E-state index in [9.17, 15) is 4.79 Å². The number of amides is 1. The van der Waals surface area contributed by atoms with Gasteiger partial charge < -0.3 is 15.6 Å². The van der Waals surface area contributed by atoms with Crippen LogP contribution in [-0.2, 0) is 6.54 Å². The summed E-state index contributed by atoms with van der Waals surface area (Å²) in [6.45, 7) is 4.61. The fraction of sp³-hybridized carbons (Fsp3) is 0.241. The van der Waals surface area contributed by atoms with E-state index in [0.29, 0.717) is 11.4 Å². The van der Waals surface area contributed by atoms with Crippen LogP contribution in [0.4, 0.5) is 5.69 Å². The summed E-state index contributed by atoms with van der Waals surface area (Å²) in [5.74, 6) is -0.277. The Bertz CT molecular complexity index is 1600. The minimum Gasteiger partial charge on any atom is -0.327 e. The van der Waals surface area contributed by atoms with Crippen molar-refractivity contribution in [2.75, 3.05) is 18.4 Å². The van der Waals surface area contributed by atoms with E-state index < -0.39 is 0 Å². The topological polar surface area (TPSA) is 107 Å². The van der Waals surface area contributed by atoms with E-state index in [1.54, 1.807) is 24.9 Å². The van der Waals surface area contributed by atoms with Crippen molar-refractivity contribution in [3.05, 3.63) is 96.6 Å². The number of carbonyl (C=O) groups excluding carboxylic acids is 1. The largest absolute Gasteiger partial charge is 0.327 e. The van der Waals surface area contributed by atoms with Crippen LogP contribution >= 0.6 is 0 Å². The summed E-state index contributed by atoms with van der Waals surface area (Å²) < 4.78 is 3.93. The van der Waals surface area contributed by atoms with Gasteiger partial charge in [-0.05, 0) is 74.3 Å². The van der Waals surface area contributed by atoms with Gasteiger partial charge in [-0.2, -0.15) is 0 Å². The number of nitrogens with one attached hydrogen (secondary N) is 1. The first-order valence-corrected chi connectivity index (χ1v) is 12.8. The maximum Gasteiger partial charge on any atom is 0.274 e.